The van der Waals surface area contributed by atoms with E-state index >= 15 is 0 Å². The summed E-state index contributed by atoms with van der Waals surface area (Å²) in [6, 6.07) is 3.49. The van der Waals surface area contributed by atoms with Gasteiger partial charge in [-0.05, 0) is 17.7 Å². The Hall–Kier alpha value is -1.51. The van der Waals surface area contributed by atoms with Crippen molar-refractivity contribution in [3.63, 3.8) is 0 Å². The molecule has 1 saturated heterocycles. The van der Waals surface area contributed by atoms with Crippen LogP contribution < -0.4 is 10.6 Å². The number of benzene rings is 1. The Morgan fingerprint density at radius 2 is 2.05 bits per heavy atom. The van der Waals surface area contributed by atoms with Crippen LogP contribution >= 0.6 is 11.6 Å². The van der Waals surface area contributed by atoms with Crippen molar-refractivity contribution in [2.24, 2.45) is 0 Å². The number of hydrogen-bond donors (Lipinski definition) is 2. The smallest absolute Gasteiger partial charge is 0.351 e. The Morgan fingerprint density at radius 3 is 2.68 bits per heavy atom. The summed E-state index contributed by atoms with van der Waals surface area (Å²) >= 11 is 5.53. The molecular formula is C13H15ClF3N3O2. The maximum atomic E-state index is 12.7. The lowest BCUT2D eigenvalue weighted by Crippen LogP contribution is -2.45. The van der Waals surface area contributed by atoms with Gasteiger partial charge in [0.05, 0.1) is 10.6 Å². The Labute approximate surface area is 130 Å². The van der Waals surface area contributed by atoms with Gasteiger partial charge in [0.15, 0.2) is 0 Å². The van der Waals surface area contributed by atoms with E-state index in [4.69, 9.17) is 16.4 Å². The van der Waals surface area contributed by atoms with Crippen molar-refractivity contribution in [3.8, 4) is 0 Å². The van der Waals surface area contributed by atoms with Crippen molar-refractivity contribution in [1.82, 2.24) is 15.7 Å². The van der Waals surface area contributed by atoms with E-state index in [0.29, 0.717) is 26.2 Å². The number of alkyl halides is 3. The van der Waals surface area contributed by atoms with E-state index in [-0.39, 0.29) is 17.1 Å². The van der Waals surface area contributed by atoms with Crippen LogP contribution in [-0.4, -0.2) is 37.3 Å². The summed E-state index contributed by atoms with van der Waals surface area (Å²) in [6.45, 7) is 2.46. The molecule has 9 heteroatoms. The zero-order valence-electron chi connectivity index (χ0n) is 11.5. The molecule has 2 N–H and O–H groups in total. The Bertz CT molecular complexity index is 534. The molecule has 1 heterocycles. The summed E-state index contributed by atoms with van der Waals surface area (Å²) in [7, 11) is 0. The average molecular weight is 338 g/mol. The minimum absolute atomic E-state index is 0.0782. The highest BCUT2D eigenvalue weighted by atomic mass is 35.5. The van der Waals surface area contributed by atoms with Gasteiger partial charge in [-0.2, -0.15) is 13.2 Å². The fourth-order valence-corrected chi connectivity index (χ4v) is 2.18. The molecule has 122 valence electrons. The molecule has 2 rings (SSSR count). The molecule has 1 aromatic rings. The first-order chi connectivity index (χ1) is 10.4. The number of piperazine rings is 1. The van der Waals surface area contributed by atoms with Crippen molar-refractivity contribution in [1.29, 1.82) is 0 Å². The van der Waals surface area contributed by atoms with Crippen LogP contribution in [0.5, 0.6) is 0 Å². The molecule has 0 spiro atoms. The van der Waals surface area contributed by atoms with E-state index in [1.807, 2.05) is 0 Å². The lowest BCUT2D eigenvalue weighted by molar-refractivity contribution is -0.137. The van der Waals surface area contributed by atoms with Gasteiger partial charge in [-0.15, -0.1) is 5.06 Å². The fourth-order valence-electron chi connectivity index (χ4n) is 1.96. The maximum absolute atomic E-state index is 12.7. The highest BCUT2D eigenvalue weighted by molar-refractivity contribution is 6.31. The molecule has 0 bridgehead atoms. The fraction of sp³-hybridized carbons (Fsp3) is 0.462. The molecule has 22 heavy (non-hydrogen) atoms. The van der Waals surface area contributed by atoms with Gasteiger partial charge in [-0.1, -0.05) is 17.7 Å². The van der Waals surface area contributed by atoms with E-state index in [1.165, 1.54) is 11.1 Å². The van der Waals surface area contributed by atoms with Gasteiger partial charge < -0.3 is 15.5 Å². The highest BCUT2D eigenvalue weighted by Crippen LogP contribution is 2.35. The van der Waals surface area contributed by atoms with Gasteiger partial charge in [0.25, 0.3) is 0 Å². The summed E-state index contributed by atoms with van der Waals surface area (Å²) in [5.41, 5.74) is -0.641. The van der Waals surface area contributed by atoms with Crippen molar-refractivity contribution in [3.05, 3.63) is 34.3 Å². The zero-order valence-corrected chi connectivity index (χ0v) is 12.3. The second-order valence-corrected chi connectivity index (χ2v) is 5.13. The Kier molecular flexibility index (Phi) is 5.49. The standard InChI is InChI=1S/C13H15ClF3N3O2/c14-11-2-1-9(7-10(11)13(15,16)17)8-19-12(21)22-20-5-3-18-4-6-20/h1-2,7,18H,3-6,8H2,(H,19,21). The van der Waals surface area contributed by atoms with E-state index < -0.39 is 17.8 Å². The van der Waals surface area contributed by atoms with Crippen LogP contribution in [0.2, 0.25) is 5.02 Å². The number of rotatable bonds is 3. The van der Waals surface area contributed by atoms with Crippen molar-refractivity contribution in [2.45, 2.75) is 12.7 Å². The number of carbonyl (C=O) groups is 1. The minimum atomic E-state index is -4.53. The third-order valence-corrected chi connectivity index (χ3v) is 3.39. The molecule has 1 aliphatic heterocycles. The average Bonchev–Trinajstić information content (AvgIpc) is 2.46. The van der Waals surface area contributed by atoms with Crippen LogP contribution in [0.3, 0.4) is 0 Å². The van der Waals surface area contributed by atoms with E-state index in [9.17, 15) is 18.0 Å². The Morgan fingerprint density at radius 1 is 1.36 bits per heavy atom. The SMILES string of the molecule is O=C(NCc1ccc(Cl)c(C(F)(F)F)c1)ON1CCNCC1. The summed E-state index contributed by atoms with van der Waals surface area (Å²) in [5.74, 6) is 0. The Balaban J connectivity index is 1.89. The van der Waals surface area contributed by atoms with Crippen LogP contribution in [0.15, 0.2) is 18.2 Å². The monoisotopic (exact) mass is 337 g/mol. The van der Waals surface area contributed by atoms with Gasteiger partial charge in [0.1, 0.15) is 0 Å². The van der Waals surface area contributed by atoms with Gasteiger partial charge in [0.2, 0.25) is 0 Å². The van der Waals surface area contributed by atoms with Crippen molar-refractivity contribution in [2.75, 3.05) is 26.2 Å². The summed E-state index contributed by atoms with van der Waals surface area (Å²) < 4.78 is 38.2. The third kappa shape index (κ3) is 4.75. The van der Waals surface area contributed by atoms with Crippen molar-refractivity contribution >= 4 is 17.7 Å². The number of nitrogens with zero attached hydrogens (tertiary/aromatic N) is 1. The highest BCUT2D eigenvalue weighted by Gasteiger charge is 2.33. The van der Waals surface area contributed by atoms with Crippen LogP contribution in [-0.2, 0) is 17.6 Å². The van der Waals surface area contributed by atoms with Crippen LogP contribution in [0.4, 0.5) is 18.0 Å². The van der Waals surface area contributed by atoms with Crippen LogP contribution in [0, 0.1) is 0 Å². The van der Waals surface area contributed by atoms with E-state index in [0.717, 1.165) is 12.1 Å². The van der Waals surface area contributed by atoms with Gasteiger partial charge in [-0.25, -0.2) is 4.79 Å². The molecule has 1 amide bonds. The lowest BCUT2D eigenvalue weighted by atomic mass is 10.1. The molecular weight excluding hydrogens is 323 g/mol. The number of hydrogen-bond acceptors (Lipinski definition) is 4. The first-order valence-corrected chi connectivity index (χ1v) is 7.01. The molecule has 1 fully saturated rings. The first-order valence-electron chi connectivity index (χ1n) is 6.63. The maximum Gasteiger partial charge on any atom is 0.426 e. The molecule has 0 aliphatic carbocycles. The van der Waals surface area contributed by atoms with Crippen molar-refractivity contribution < 1.29 is 22.8 Å². The van der Waals surface area contributed by atoms with Crippen LogP contribution in [0.25, 0.3) is 0 Å². The molecule has 0 atom stereocenters. The molecule has 5 nitrogen and oxygen atoms in total. The predicted molar refractivity (Wildman–Crippen MR) is 74.2 cm³/mol. The first kappa shape index (κ1) is 16.9. The summed E-state index contributed by atoms with van der Waals surface area (Å²) in [6.07, 6.45) is -5.24. The quantitative estimate of drug-likeness (QED) is 0.889. The molecule has 0 aromatic heterocycles. The third-order valence-electron chi connectivity index (χ3n) is 3.06. The topological polar surface area (TPSA) is 53.6 Å². The number of carbonyl (C=O) groups excluding carboxylic acids is 1. The van der Waals surface area contributed by atoms with E-state index in [2.05, 4.69) is 10.6 Å². The molecule has 1 aliphatic rings. The molecule has 1 aromatic carbocycles. The van der Waals surface area contributed by atoms with Gasteiger partial charge in [-0.3, -0.25) is 0 Å². The lowest BCUT2D eigenvalue weighted by Gasteiger charge is -2.25. The second-order valence-electron chi connectivity index (χ2n) is 4.72. The van der Waals surface area contributed by atoms with Gasteiger partial charge >= 0.3 is 12.3 Å². The molecule has 0 saturated carbocycles. The molecule has 0 radical (unpaired) electrons. The van der Waals surface area contributed by atoms with Crippen LogP contribution in [0.1, 0.15) is 11.1 Å². The zero-order chi connectivity index (χ0) is 16.2. The number of hydroxylamine groups is 2. The van der Waals surface area contributed by atoms with E-state index in [1.54, 1.807) is 0 Å². The normalized spacial score (nSPS) is 16.4. The number of nitrogens with one attached hydrogen (secondary N) is 2. The second kappa shape index (κ2) is 7.17. The predicted octanol–water partition coefficient (Wildman–Crippen LogP) is 2.41. The summed E-state index contributed by atoms with van der Waals surface area (Å²) in [4.78, 5) is 16.6. The largest absolute Gasteiger partial charge is 0.426 e. The van der Waals surface area contributed by atoms with Gasteiger partial charge in [0, 0.05) is 32.7 Å². The minimum Gasteiger partial charge on any atom is -0.351 e. The summed E-state index contributed by atoms with van der Waals surface area (Å²) in [5, 5.41) is 6.63. The number of halogens is 4. The number of amides is 1. The molecule has 0 unspecified atom stereocenters.